The first kappa shape index (κ1) is 7.55. The normalized spacial score (nSPS) is 10.4. The molecule has 2 rings (SSSR count). The van der Waals surface area contributed by atoms with Crippen LogP contribution in [0.15, 0.2) is 37.0 Å². The lowest BCUT2D eigenvalue weighted by atomic mass is 10.3. The molecule has 0 aliphatic rings. The topological polar surface area (TPSA) is 17.8 Å². The van der Waals surface area contributed by atoms with E-state index in [4.69, 9.17) is 0 Å². The minimum atomic E-state index is 0.753. The predicted molar refractivity (Wildman–Crippen MR) is 54.0 cm³/mol. The maximum Gasteiger partial charge on any atom is 0.101 e. The highest BCUT2D eigenvalue weighted by atomic mass is 79.9. The Labute approximate surface area is 78.6 Å². The van der Waals surface area contributed by atoms with Gasteiger partial charge in [-0.15, -0.1) is 0 Å². The van der Waals surface area contributed by atoms with E-state index in [1.54, 1.807) is 4.68 Å². The Bertz CT molecular complexity index is 431. The van der Waals surface area contributed by atoms with Crippen molar-refractivity contribution >= 4 is 31.4 Å². The van der Waals surface area contributed by atoms with Crippen LogP contribution in [-0.2, 0) is 0 Å². The number of halogens is 1. The van der Waals surface area contributed by atoms with E-state index >= 15 is 0 Å². The zero-order valence-electron chi connectivity index (χ0n) is 6.37. The molecule has 0 aliphatic heterocycles. The first-order valence-corrected chi connectivity index (χ1v) is 4.36. The third-order valence-corrected chi connectivity index (χ3v) is 2.04. The average molecular weight is 223 g/mol. The summed E-state index contributed by atoms with van der Waals surface area (Å²) in [5, 5.41) is 5.29. The molecule has 1 aromatic heterocycles. The summed E-state index contributed by atoms with van der Waals surface area (Å²) in [6.45, 7) is 3.76. The Morgan fingerprint density at radius 3 is 2.92 bits per heavy atom. The van der Waals surface area contributed by atoms with Gasteiger partial charge in [0.2, 0.25) is 0 Å². The smallest absolute Gasteiger partial charge is 0.101 e. The van der Waals surface area contributed by atoms with Crippen LogP contribution in [0.1, 0.15) is 0 Å². The van der Waals surface area contributed by atoms with Gasteiger partial charge < -0.3 is 0 Å². The van der Waals surface area contributed by atoms with Gasteiger partial charge >= 0.3 is 0 Å². The van der Waals surface area contributed by atoms with E-state index in [2.05, 4.69) is 27.6 Å². The van der Waals surface area contributed by atoms with E-state index in [0.717, 1.165) is 15.5 Å². The van der Waals surface area contributed by atoms with Gasteiger partial charge in [0.05, 0.1) is 11.7 Å². The van der Waals surface area contributed by atoms with Gasteiger partial charge in [-0.2, -0.15) is 5.10 Å². The van der Waals surface area contributed by atoms with Crippen LogP contribution in [0.5, 0.6) is 0 Å². The van der Waals surface area contributed by atoms with Crippen molar-refractivity contribution in [3.05, 3.63) is 37.0 Å². The third-order valence-electron chi connectivity index (χ3n) is 1.71. The Hall–Kier alpha value is -1.09. The standard InChI is InChI=1S/C9H7BrN2/c1-7(10)12-9-5-3-2-4-8(9)6-11-12/h2-6H,1H2. The lowest BCUT2D eigenvalue weighted by molar-refractivity contribution is 0.961. The van der Waals surface area contributed by atoms with E-state index in [9.17, 15) is 0 Å². The molecule has 0 N–H and O–H groups in total. The quantitative estimate of drug-likeness (QED) is 0.726. The molecule has 0 unspecified atom stereocenters. The summed E-state index contributed by atoms with van der Waals surface area (Å²) in [6.07, 6.45) is 1.82. The molecule has 2 aromatic rings. The second-order valence-electron chi connectivity index (χ2n) is 2.49. The second-order valence-corrected chi connectivity index (χ2v) is 3.41. The molecule has 1 aromatic carbocycles. The van der Waals surface area contributed by atoms with Gasteiger partial charge in [0.1, 0.15) is 4.61 Å². The van der Waals surface area contributed by atoms with Gasteiger partial charge in [-0.05, 0) is 22.0 Å². The summed E-state index contributed by atoms with van der Waals surface area (Å²) in [6, 6.07) is 8.01. The summed E-state index contributed by atoms with van der Waals surface area (Å²) in [5.74, 6) is 0. The molecule has 60 valence electrons. The van der Waals surface area contributed by atoms with Crippen LogP contribution in [0.25, 0.3) is 15.5 Å². The number of hydrogen-bond donors (Lipinski definition) is 0. The van der Waals surface area contributed by atoms with Crippen molar-refractivity contribution in [1.29, 1.82) is 0 Å². The summed E-state index contributed by atoms with van der Waals surface area (Å²) < 4.78 is 2.51. The van der Waals surface area contributed by atoms with Crippen LogP contribution in [0.3, 0.4) is 0 Å². The molecule has 0 radical (unpaired) electrons. The van der Waals surface area contributed by atoms with Gasteiger partial charge in [-0.1, -0.05) is 24.8 Å². The maximum atomic E-state index is 4.17. The number of rotatable bonds is 1. The molecule has 2 nitrogen and oxygen atoms in total. The van der Waals surface area contributed by atoms with Crippen LogP contribution in [-0.4, -0.2) is 9.78 Å². The number of para-hydroxylation sites is 1. The molecular weight excluding hydrogens is 216 g/mol. The van der Waals surface area contributed by atoms with E-state index in [0.29, 0.717) is 0 Å². The summed E-state index contributed by atoms with van der Waals surface area (Å²) in [5.41, 5.74) is 1.07. The lowest BCUT2D eigenvalue weighted by Crippen LogP contribution is -1.90. The summed E-state index contributed by atoms with van der Waals surface area (Å²) >= 11 is 3.29. The van der Waals surface area contributed by atoms with Crippen LogP contribution in [0.2, 0.25) is 0 Å². The van der Waals surface area contributed by atoms with Crippen molar-refractivity contribution in [3.63, 3.8) is 0 Å². The van der Waals surface area contributed by atoms with Crippen LogP contribution >= 0.6 is 15.9 Å². The highest BCUT2D eigenvalue weighted by Gasteiger charge is 2.00. The van der Waals surface area contributed by atoms with Crippen LogP contribution < -0.4 is 0 Å². The average Bonchev–Trinajstić information content (AvgIpc) is 2.47. The van der Waals surface area contributed by atoms with E-state index in [1.807, 2.05) is 30.5 Å². The molecule has 1 heterocycles. The summed E-state index contributed by atoms with van der Waals surface area (Å²) in [4.78, 5) is 0. The van der Waals surface area contributed by atoms with Gasteiger partial charge in [-0.25, -0.2) is 4.68 Å². The molecule has 3 heteroatoms. The maximum absolute atomic E-state index is 4.17. The number of hydrogen-bond acceptors (Lipinski definition) is 1. The van der Waals surface area contributed by atoms with Gasteiger partial charge in [0, 0.05) is 5.39 Å². The Morgan fingerprint density at radius 1 is 1.42 bits per heavy atom. The number of aromatic nitrogens is 2. The molecule has 0 saturated heterocycles. The van der Waals surface area contributed by atoms with Crippen LogP contribution in [0, 0.1) is 0 Å². The van der Waals surface area contributed by atoms with E-state index in [-0.39, 0.29) is 0 Å². The number of fused-ring (bicyclic) bond motifs is 1. The fourth-order valence-corrected chi connectivity index (χ4v) is 1.45. The van der Waals surface area contributed by atoms with Crippen molar-refractivity contribution in [1.82, 2.24) is 9.78 Å². The third kappa shape index (κ3) is 1.06. The summed E-state index contributed by atoms with van der Waals surface area (Å²) in [7, 11) is 0. The zero-order valence-corrected chi connectivity index (χ0v) is 7.95. The molecule has 0 atom stereocenters. The fourth-order valence-electron chi connectivity index (χ4n) is 1.17. The number of benzene rings is 1. The monoisotopic (exact) mass is 222 g/mol. The molecule has 0 saturated carbocycles. The molecule has 0 fully saturated rings. The Kier molecular flexibility index (Phi) is 1.73. The highest BCUT2D eigenvalue weighted by molar-refractivity contribution is 9.14. The zero-order chi connectivity index (χ0) is 8.55. The van der Waals surface area contributed by atoms with Gasteiger partial charge in [0.15, 0.2) is 0 Å². The minimum absolute atomic E-state index is 0.753. The molecule has 0 spiro atoms. The van der Waals surface area contributed by atoms with E-state index in [1.165, 1.54) is 0 Å². The Balaban J connectivity index is 2.79. The van der Waals surface area contributed by atoms with E-state index < -0.39 is 0 Å². The molecule has 0 amide bonds. The van der Waals surface area contributed by atoms with Crippen molar-refractivity contribution in [2.24, 2.45) is 0 Å². The van der Waals surface area contributed by atoms with Crippen molar-refractivity contribution in [3.8, 4) is 0 Å². The minimum Gasteiger partial charge on any atom is -0.227 e. The predicted octanol–water partition coefficient (Wildman–Crippen LogP) is 2.86. The molecule has 12 heavy (non-hydrogen) atoms. The second kappa shape index (κ2) is 2.75. The number of nitrogens with zero attached hydrogens (tertiary/aromatic N) is 2. The van der Waals surface area contributed by atoms with Crippen molar-refractivity contribution in [2.45, 2.75) is 0 Å². The largest absolute Gasteiger partial charge is 0.227 e. The molecular formula is C9H7BrN2. The van der Waals surface area contributed by atoms with Gasteiger partial charge in [0.25, 0.3) is 0 Å². The molecule has 0 bridgehead atoms. The highest BCUT2D eigenvalue weighted by Crippen LogP contribution is 2.18. The first-order chi connectivity index (χ1) is 5.79. The molecule has 0 aliphatic carbocycles. The lowest BCUT2D eigenvalue weighted by Gasteiger charge is -1.97. The van der Waals surface area contributed by atoms with Crippen LogP contribution in [0.4, 0.5) is 0 Å². The van der Waals surface area contributed by atoms with Crippen molar-refractivity contribution < 1.29 is 0 Å². The SMILES string of the molecule is C=C(Br)n1ncc2ccccc21. The van der Waals surface area contributed by atoms with Gasteiger partial charge in [-0.3, -0.25) is 0 Å². The Morgan fingerprint density at radius 2 is 2.17 bits per heavy atom. The first-order valence-electron chi connectivity index (χ1n) is 3.56. The fraction of sp³-hybridized carbons (Fsp3) is 0. The van der Waals surface area contributed by atoms with Crippen molar-refractivity contribution in [2.75, 3.05) is 0 Å².